The van der Waals surface area contributed by atoms with Crippen LogP contribution in [-0.4, -0.2) is 142 Å². The molecule has 61 heavy (non-hydrogen) atoms. The van der Waals surface area contributed by atoms with Gasteiger partial charge in [0.1, 0.15) is 54.9 Å². The van der Waals surface area contributed by atoms with Gasteiger partial charge in [-0.3, -0.25) is 4.79 Å². The molecule has 0 amide bonds. The van der Waals surface area contributed by atoms with Gasteiger partial charge in [0.15, 0.2) is 12.6 Å². The van der Waals surface area contributed by atoms with E-state index in [0.717, 1.165) is 70.6 Å². The number of carbonyl (C=O) groups excluding carboxylic acids is 1. The number of hydrogen-bond acceptors (Lipinski definition) is 14. The van der Waals surface area contributed by atoms with Crippen molar-refractivity contribution in [1.82, 2.24) is 0 Å². The molecule has 0 spiro atoms. The van der Waals surface area contributed by atoms with E-state index in [9.17, 15) is 40.5 Å². The van der Waals surface area contributed by atoms with Crippen LogP contribution in [0.25, 0.3) is 0 Å². The highest BCUT2D eigenvalue weighted by molar-refractivity contribution is 5.69. The van der Waals surface area contributed by atoms with Crippen molar-refractivity contribution in [1.29, 1.82) is 0 Å². The van der Waals surface area contributed by atoms with Crippen LogP contribution in [-0.2, 0) is 33.2 Å². The number of ether oxygens (including phenoxy) is 6. The van der Waals surface area contributed by atoms with Crippen molar-refractivity contribution in [2.24, 2.45) is 0 Å². The minimum Gasteiger partial charge on any atom is -0.457 e. The van der Waals surface area contributed by atoms with Gasteiger partial charge in [0.2, 0.25) is 0 Å². The predicted octanol–water partition coefficient (Wildman–Crippen LogP) is 5.62. The molecule has 0 bridgehead atoms. The molecule has 0 radical (unpaired) electrons. The van der Waals surface area contributed by atoms with Crippen LogP contribution in [0, 0.1) is 0 Å². The third-order valence-electron chi connectivity index (χ3n) is 10.9. The van der Waals surface area contributed by atoms with E-state index in [4.69, 9.17) is 28.4 Å². The molecule has 2 heterocycles. The van der Waals surface area contributed by atoms with Gasteiger partial charge in [0.05, 0.1) is 26.4 Å². The number of rotatable bonds is 35. The van der Waals surface area contributed by atoms with Gasteiger partial charge in [-0.15, -0.1) is 0 Å². The predicted molar refractivity (Wildman–Crippen MR) is 233 cm³/mol. The van der Waals surface area contributed by atoms with Gasteiger partial charge in [-0.05, 0) is 51.4 Å². The van der Waals surface area contributed by atoms with Crippen LogP contribution in [0.3, 0.4) is 0 Å². The lowest BCUT2D eigenvalue weighted by atomic mass is 9.98. The normalized spacial score (nSPS) is 27.9. The largest absolute Gasteiger partial charge is 0.457 e. The number of hydrogen-bond donors (Lipinski definition) is 7. The molecule has 11 unspecified atom stereocenters. The summed E-state index contributed by atoms with van der Waals surface area (Å²) < 4.78 is 34.1. The Kier molecular flexibility index (Phi) is 31.9. The van der Waals surface area contributed by atoms with Crippen molar-refractivity contribution < 1.29 is 69.0 Å². The first kappa shape index (κ1) is 55.1. The van der Waals surface area contributed by atoms with Crippen molar-refractivity contribution in [3.63, 3.8) is 0 Å². The number of allylic oxidation sites excluding steroid dienone is 8. The van der Waals surface area contributed by atoms with Crippen molar-refractivity contribution >= 4 is 5.97 Å². The zero-order valence-electron chi connectivity index (χ0n) is 37.1. The van der Waals surface area contributed by atoms with E-state index >= 15 is 0 Å². The molecular formula is C47H82O14. The highest BCUT2D eigenvalue weighted by atomic mass is 16.7. The lowest BCUT2D eigenvalue weighted by Gasteiger charge is -2.42. The molecule has 0 aromatic carbocycles. The molecule has 0 aromatic heterocycles. The summed E-state index contributed by atoms with van der Waals surface area (Å²) in [6.45, 7) is 3.51. The smallest absolute Gasteiger partial charge is 0.306 e. The lowest BCUT2D eigenvalue weighted by Crippen LogP contribution is -2.61. The monoisotopic (exact) mass is 871 g/mol. The minimum atomic E-state index is -1.71. The summed E-state index contributed by atoms with van der Waals surface area (Å²) in [4.78, 5) is 12.9. The maximum absolute atomic E-state index is 12.9. The standard InChI is InChI=1S/C47H82O14/c1-3-5-7-9-11-13-15-16-17-18-19-20-21-22-24-26-28-30-39(49)59-36(33-56-31-29-27-25-23-14-12-10-8-6-4-2)34-57-46-45(55)43(53)41(51)38(61-46)35-58-47-44(54)42(52)40(50)37(32-48)60-47/h5,7,11,13,16-17,19-20,36-38,40-48,50-55H,3-4,6,8-10,12,14-15,18,21-35H2,1-2H3/b7-5-,13-11-,17-16-,20-19-. The fraction of sp³-hybridized carbons (Fsp3) is 0.809. The molecule has 11 atom stereocenters. The van der Waals surface area contributed by atoms with E-state index in [1.54, 1.807) is 0 Å². The molecular weight excluding hydrogens is 789 g/mol. The fourth-order valence-electron chi connectivity index (χ4n) is 7.04. The van der Waals surface area contributed by atoms with Crippen molar-refractivity contribution in [3.8, 4) is 0 Å². The van der Waals surface area contributed by atoms with E-state index in [0.29, 0.717) is 13.0 Å². The summed E-state index contributed by atoms with van der Waals surface area (Å²) in [6.07, 6.45) is 21.8. The summed E-state index contributed by atoms with van der Waals surface area (Å²) >= 11 is 0. The van der Waals surface area contributed by atoms with Gasteiger partial charge in [-0.1, -0.05) is 133 Å². The topological polar surface area (TPSA) is 214 Å². The molecule has 2 rings (SSSR count). The molecule has 2 aliphatic heterocycles. The molecule has 2 saturated heterocycles. The van der Waals surface area contributed by atoms with Crippen LogP contribution < -0.4 is 0 Å². The van der Waals surface area contributed by atoms with Crippen LogP contribution in [0.4, 0.5) is 0 Å². The Balaban J connectivity index is 1.81. The molecule has 354 valence electrons. The number of aliphatic hydroxyl groups is 7. The maximum atomic E-state index is 12.9. The summed E-state index contributed by atoms with van der Waals surface area (Å²) in [5, 5.41) is 71.9. The zero-order chi connectivity index (χ0) is 44.5. The van der Waals surface area contributed by atoms with Crippen molar-refractivity contribution in [2.75, 3.05) is 33.0 Å². The Labute approximate surface area is 365 Å². The van der Waals surface area contributed by atoms with E-state index < -0.39 is 86.7 Å². The number of unbranched alkanes of at least 4 members (excludes halogenated alkanes) is 13. The second-order valence-corrected chi connectivity index (χ2v) is 16.2. The minimum absolute atomic E-state index is 0.0513. The number of carbonyl (C=O) groups is 1. The van der Waals surface area contributed by atoms with Gasteiger partial charge in [0, 0.05) is 13.0 Å². The Morgan fingerprint density at radius 2 is 1.07 bits per heavy atom. The number of aliphatic hydroxyl groups excluding tert-OH is 7. The quantitative estimate of drug-likeness (QED) is 0.0234. The first-order valence-corrected chi connectivity index (χ1v) is 23.2. The second-order valence-electron chi connectivity index (χ2n) is 16.2. The first-order valence-electron chi connectivity index (χ1n) is 23.2. The highest BCUT2D eigenvalue weighted by Gasteiger charge is 2.47. The molecule has 7 N–H and O–H groups in total. The first-order chi connectivity index (χ1) is 29.6. The third-order valence-corrected chi connectivity index (χ3v) is 10.9. The van der Waals surface area contributed by atoms with E-state index in [-0.39, 0.29) is 19.6 Å². The zero-order valence-corrected chi connectivity index (χ0v) is 37.1. The Hall–Kier alpha value is -2.05. The van der Waals surface area contributed by atoms with Crippen LogP contribution >= 0.6 is 0 Å². The van der Waals surface area contributed by atoms with Crippen molar-refractivity contribution in [3.05, 3.63) is 48.6 Å². The SMILES string of the molecule is CC/C=C\C/C=C\C/C=C\C/C=C\CCCCCCC(=O)OC(COCCCCCCCCCCCC)COC1OC(COC2OC(CO)C(O)C(O)C2O)C(O)C(O)C1O. The highest BCUT2D eigenvalue weighted by Crippen LogP contribution is 2.26. The van der Waals surface area contributed by atoms with E-state index in [1.165, 1.54) is 44.9 Å². The summed E-state index contributed by atoms with van der Waals surface area (Å²) in [6, 6.07) is 0. The van der Waals surface area contributed by atoms with E-state index in [1.807, 2.05) is 0 Å². The average molecular weight is 871 g/mol. The van der Waals surface area contributed by atoms with Gasteiger partial charge in [-0.25, -0.2) is 0 Å². The molecule has 14 heteroatoms. The van der Waals surface area contributed by atoms with Crippen LogP contribution in [0.2, 0.25) is 0 Å². The molecule has 0 aliphatic carbocycles. The summed E-state index contributed by atoms with van der Waals surface area (Å²) in [5.41, 5.74) is 0. The molecule has 14 nitrogen and oxygen atoms in total. The van der Waals surface area contributed by atoms with Gasteiger partial charge in [-0.2, -0.15) is 0 Å². The van der Waals surface area contributed by atoms with Gasteiger partial charge in [0.25, 0.3) is 0 Å². The Morgan fingerprint density at radius 3 is 1.67 bits per heavy atom. The molecule has 0 saturated carbocycles. The third kappa shape index (κ3) is 24.0. The Morgan fingerprint density at radius 1 is 0.557 bits per heavy atom. The van der Waals surface area contributed by atoms with Gasteiger partial charge >= 0.3 is 5.97 Å². The number of esters is 1. The maximum Gasteiger partial charge on any atom is 0.306 e. The Bertz CT molecular complexity index is 1190. The van der Waals surface area contributed by atoms with E-state index in [2.05, 4.69) is 62.5 Å². The lowest BCUT2D eigenvalue weighted by molar-refractivity contribution is -0.332. The van der Waals surface area contributed by atoms with Crippen LogP contribution in [0.5, 0.6) is 0 Å². The van der Waals surface area contributed by atoms with Crippen molar-refractivity contribution in [2.45, 2.75) is 210 Å². The summed E-state index contributed by atoms with van der Waals surface area (Å²) in [5.74, 6) is -0.401. The van der Waals surface area contributed by atoms with Crippen LogP contribution in [0.1, 0.15) is 142 Å². The second kappa shape index (κ2) is 35.3. The van der Waals surface area contributed by atoms with Gasteiger partial charge < -0.3 is 64.2 Å². The van der Waals surface area contributed by atoms with Crippen LogP contribution in [0.15, 0.2) is 48.6 Å². The fourth-order valence-corrected chi connectivity index (χ4v) is 7.04. The average Bonchev–Trinajstić information content (AvgIpc) is 3.25. The molecule has 2 aliphatic rings. The summed E-state index contributed by atoms with van der Waals surface area (Å²) in [7, 11) is 0. The molecule has 2 fully saturated rings. The molecule has 0 aromatic rings.